The molecule has 4 rings (SSSR count). The van der Waals surface area contributed by atoms with Gasteiger partial charge >= 0.3 is 0 Å². The number of nitrogens with one attached hydrogen (secondary N) is 1. The predicted molar refractivity (Wildman–Crippen MR) is 133 cm³/mol. The van der Waals surface area contributed by atoms with Gasteiger partial charge in [0, 0.05) is 11.3 Å². The molecule has 35 heavy (non-hydrogen) atoms. The van der Waals surface area contributed by atoms with Gasteiger partial charge in [-0.2, -0.15) is 0 Å². The van der Waals surface area contributed by atoms with E-state index in [1.807, 2.05) is 31.2 Å². The van der Waals surface area contributed by atoms with Gasteiger partial charge in [-0.05, 0) is 49.7 Å². The van der Waals surface area contributed by atoms with Crippen LogP contribution >= 0.6 is 0 Å². The van der Waals surface area contributed by atoms with E-state index in [0.29, 0.717) is 46.5 Å². The first-order valence-corrected chi connectivity index (χ1v) is 11.1. The molecule has 2 amide bonds. The highest BCUT2D eigenvalue weighted by atomic mass is 16.5. The second-order valence-corrected chi connectivity index (χ2v) is 8.22. The molecule has 1 atom stereocenters. The largest absolute Gasteiger partial charge is 0.493 e. The summed E-state index contributed by atoms with van der Waals surface area (Å²) in [5.41, 5.74) is 3.58. The first-order valence-electron chi connectivity index (χ1n) is 11.1. The number of methoxy groups -OCH3 is 3. The van der Waals surface area contributed by atoms with Crippen LogP contribution in [-0.4, -0.2) is 39.2 Å². The smallest absolute Gasteiger partial charge is 0.268 e. The van der Waals surface area contributed by atoms with Crippen LogP contribution in [-0.2, 0) is 11.3 Å². The normalized spacial score (nSPS) is 14.6. The van der Waals surface area contributed by atoms with Crippen molar-refractivity contribution in [3.05, 3.63) is 71.3 Å². The van der Waals surface area contributed by atoms with Gasteiger partial charge in [-0.25, -0.2) is 0 Å². The van der Waals surface area contributed by atoms with Crippen LogP contribution in [0.3, 0.4) is 0 Å². The number of carbonyl (C=O) groups excluding carboxylic acids is 2. The van der Waals surface area contributed by atoms with E-state index in [-0.39, 0.29) is 11.8 Å². The maximum Gasteiger partial charge on any atom is 0.268 e. The Morgan fingerprint density at radius 3 is 2.23 bits per heavy atom. The average Bonchev–Trinajstić information content (AvgIpc) is 2.87. The lowest BCUT2D eigenvalue weighted by Gasteiger charge is -2.33. The summed E-state index contributed by atoms with van der Waals surface area (Å²) in [7, 11) is 4.48. The number of rotatable bonds is 7. The Labute approximate surface area is 204 Å². The molecule has 1 aliphatic heterocycles. The summed E-state index contributed by atoms with van der Waals surface area (Å²) < 4.78 is 21.8. The third kappa shape index (κ3) is 4.87. The van der Waals surface area contributed by atoms with Crippen LogP contribution < -0.4 is 29.2 Å². The van der Waals surface area contributed by atoms with Crippen molar-refractivity contribution in [2.75, 3.05) is 31.5 Å². The summed E-state index contributed by atoms with van der Waals surface area (Å²) in [6.07, 6.45) is -0.604. The molecule has 182 valence electrons. The number of ether oxygens (including phenoxy) is 4. The van der Waals surface area contributed by atoms with Gasteiger partial charge in [-0.1, -0.05) is 29.8 Å². The molecular weight excluding hydrogens is 448 g/mol. The van der Waals surface area contributed by atoms with Crippen LogP contribution in [0.15, 0.2) is 54.6 Å². The number of hydrogen-bond donors (Lipinski definition) is 1. The fourth-order valence-electron chi connectivity index (χ4n) is 3.94. The Morgan fingerprint density at radius 1 is 0.971 bits per heavy atom. The maximum absolute atomic E-state index is 13.1. The number of amides is 2. The lowest BCUT2D eigenvalue weighted by molar-refractivity contribution is -0.125. The first-order chi connectivity index (χ1) is 16.8. The zero-order valence-electron chi connectivity index (χ0n) is 20.4. The SMILES string of the molecule is COc1cc(C(=O)Nc2ccc3c(c2)N(Cc2ccc(C)cc2)C(=O)C(C)O3)cc(OC)c1OC. The lowest BCUT2D eigenvalue weighted by atomic mass is 10.1. The van der Waals surface area contributed by atoms with Crippen molar-refractivity contribution in [1.29, 1.82) is 0 Å². The fraction of sp³-hybridized carbons (Fsp3) is 0.259. The average molecular weight is 477 g/mol. The molecule has 1 N–H and O–H groups in total. The van der Waals surface area contributed by atoms with Gasteiger partial charge in [-0.15, -0.1) is 0 Å². The fourth-order valence-corrected chi connectivity index (χ4v) is 3.94. The molecule has 3 aromatic carbocycles. The lowest BCUT2D eigenvalue weighted by Crippen LogP contribution is -2.44. The van der Waals surface area contributed by atoms with Gasteiger partial charge in [0.15, 0.2) is 17.6 Å². The highest BCUT2D eigenvalue weighted by molar-refractivity contribution is 6.06. The van der Waals surface area contributed by atoms with Crippen molar-refractivity contribution in [1.82, 2.24) is 0 Å². The summed E-state index contributed by atoms with van der Waals surface area (Å²) in [6, 6.07) is 16.4. The van der Waals surface area contributed by atoms with Gasteiger partial charge < -0.3 is 29.2 Å². The number of benzene rings is 3. The van der Waals surface area contributed by atoms with E-state index in [2.05, 4.69) is 5.32 Å². The second kappa shape index (κ2) is 9.97. The molecule has 0 radical (unpaired) electrons. The van der Waals surface area contributed by atoms with Gasteiger partial charge in [0.2, 0.25) is 5.75 Å². The van der Waals surface area contributed by atoms with Crippen molar-refractivity contribution < 1.29 is 28.5 Å². The standard InChI is InChI=1S/C27H28N2O6/c1-16-6-8-18(9-7-16)15-29-21-14-20(10-11-22(21)35-17(2)27(29)31)28-26(30)19-12-23(32-3)25(34-5)24(13-19)33-4/h6-14,17H,15H2,1-5H3,(H,28,30). The number of anilines is 2. The number of fused-ring (bicyclic) bond motifs is 1. The molecule has 3 aromatic rings. The van der Waals surface area contributed by atoms with Crippen LogP contribution in [0, 0.1) is 6.92 Å². The Hall–Kier alpha value is -4.20. The Morgan fingerprint density at radius 2 is 1.63 bits per heavy atom. The quantitative estimate of drug-likeness (QED) is 0.537. The topological polar surface area (TPSA) is 86.3 Å². The molecule has 8 nitrogen and oxygen atoms in total. The molecule has 0 aliphatic carbocycles. The summed E-state index contributed by atoms with van der Waals surface area (Å²) in [5.74, 6) is 1.21. The molecule has 0 spiro atoms. The third-order valence-electron chi connectivity index (χ3n) is 5.81. The monoisotopic (exact) mass is 476 g/mol. The summed E-state index contributed by atoms with van der Waals surface area (Å²) in [6.45, 7) is 4.14. The van der Waals surface area contributed by atoms with Gasteiger partial charge in [0.25, 0.3) is 11.8 Å². The highest BCUT2D eigenvalue weighted by Crippen LogP contribution is 2.39. The van der Waals surface area contributed by atoms with Crippen molar-refractivity contribution in [3.63, 3.8) is 0 Å². The molecular formula is C27H28N2O6. The Kier molecular flexibility index (Phi) is 6.82. The van der Waals surface area contributed by atoms with Crippen molar-refractivity contribution >= 4 is 23.2 Å². The maximum atomic E-state index is 13.1. The number of hydrogen-bond acceptors (Lipinski definition) is 6. The van der Waals surface area contributed by atoms with Crippen LogP contribution in [0.4, 0.5) is 11.4 Å². The molecule has 1 aliphatic rings. The van der Waals surface area contributed by atoms with E-state index in [1.54, 1.807) is 42.2 Å². The molecule has 8 heteroatoms. The van der Waals surface area contributed by atoms with E-state index in [9.17, 15) is 9.59 Å². The zero-order valence-corrected chi connectivity index (χ0v) is 20.4. The number of nitrogens with zero attached hydrogens (tertiary/aromatic N) is 1. The minimum absolute atomic E-state index is 0.147. The molecule has 0 fully saturated rings. The summed E-state index contributed by atoms with van der Waals surface area (Å²) in [5, 5.41) is 2.88. The van der Waals surface area contributed by atoms with Crippen molar-refractivity contribution in [2.45, 2.75) is 26.5 Å². The van der Waals surface area contributed by atoms with E-state index in [4.69, 9.17) is 18.9 Å². The summed E-state index contributed by atoms with van der Waals surface area (Å²) in [4.78, 5) is 27.7. The van der Waals surface area contributed by atoms with Gasteiger partial charge in [0.05, 0.1) is 33.6 Å². The van der Waals surface area contributed by atoms with Gasteiger partial charge in [-0.3, -0.25) is 9.59 Å². The van der Waals surface area contributed by atoms with E-state index >= 15 is 0 Å². The highest BCUT2D eigenvalue weighted by Gasteiger charge is 2.32. The Balaban J connectivity index is 1.63. The minimum Gasteiger partial charge on any atom is -0.493 e. The van der Waals surface area contributed by atoms with E-state index < -0.39 is 6.10 Å². The van der Waals surface area contributed by atoms with Crippen LogP contribution in [0.5, 0.6) is 23.0 Å². The third-order valence-corrected chi connectivity index (χ3v) is 5.81. The second-order valence-electron chi connectivity index (χ2n) is 8.22. The molecule has 0 saturated heterocycles. The van der Waals surface area contributed by atoms with Crippen LogP contribution in [0.1, 0.15) is 28.4 Å². The molecule has 1 unspecified atom stereocenters. The molecule has 0 bridgehead atoms. The van der Waals surface area contributed by atoms with E-state index in [1.165, 1.54) is 21.3 Å². The Bertz CT molecular complexity index is 1230. The van der Waals surface area contributed by atoms with Crippen LogP contribution in [0.2, 0.25) is 0 Å². The zero-order chi connectivity index (χ0) is 25.1. The van der Waals surface area contributed by atoms with Crippen molar-refractivity contribution in [3.8, 4) is 23.0 Å². The molecule has 0 aromatic heterocycles. The predicted octanol–water partition coefficient (Wildman–Crippen LogP) is 4.59. The number of carbonyl (C=O) groups is 2. The minimum atomic E-state index is -0.604. The summed E-state index contributed by atoms with van der Waals surface area (Å²) >= 11 is 0. The van der Waals surface area contributed by atoms with Crippen molar-refractivity contribution in [2.24, 2.45) is 0 Å². The number of aryl methyl sites for hydroxylation is 1. The first kappa shape index (κ1) is 23.9. The van der Waals surface area contributed by atoms with E-state index in [0.717, 1.165) is 11.1 Å². The van der Waals surface area contributed by atoms with Crippen LogP contribution in [0.25, 0.3) is 0 Å². The molecule has 0 saturated carbocycles. The van der Waals surface area contributed by atoms with Gasteiger partial charge in [0.1, 0.15) is 5.75 Å². The molecule has 1 heterocycles.